The zero-order valence-electron chi connectivity index (χ0n) is 16.7. The van der Waals surface area contributed by atoms with Crippen molar-refractivity contribution in [1.82, 2.24) is 4.57 Å². The molecule has 0 unspecified atom stereocenters. The van der Waals surface area contributed by atoms with Gasteiger partial charge in [-0.05, 0) is 56.7 Å². The van der Waals surface area contributed by atoms with Crippen molar-refractivity contribution in [2.75, 3.05) is 22.4 Å². The maximum Gasteiger partial charge on any atom is 0.308 e. The lowest BCUT2D eigenvalue weighted by atomic mass is 10.2. The first-order valence-electron chi connectivity index (χ1n) is 9.05. The normalized spacial score (nSPS) is 11.8. The zero-order chi connectivity index (χ0) is 21.3. The Labute approximate surface area is 173 Å². The first-order valence-corrected chi connectivity index (χ1v) is 11.7. The maximum absolute atomic E-state index is 12.6. The Balaban J connectivity index is 1.84. The third kappa shape index (κ3) is 4.68. The van der Waals surface area contributed by atoms with Gasteiger partial charge in [-0.2, -0.15) is 0 Å². The number of hydrogen-bond acceptors (Lipinski definition) is 5. The Hall–Kier alpha value is -2.65. The average molecular weight is 434 g/mol. The summed E-state index contributed by atoms with van der Waals surface area (Å²) in [5, 5.41) is 2.73. The van der Waals surface area contributed by atoms with Crippen LogP contribution in [0.4, 0.5) is 11.4 Å². The Morgan fingerprint density at radius 2 is 1.93 bits per heavy atom. The topological polar surface area (TPSA) is 88.5 Å². The third-order valence-electron chi connectivity index (χ3n) is 4.39. The van der Waals surface area contributed by atoms with Crippen LogP contribution in [-0.4, -0.2) is 31.7 Å². The average Bonchev–Trinajstić information content (AvgIpc) is 2.93. The molecule has 0 radical (unpaired) electrons. The summed E-state index contributed by atoms with van der Waals surface area (Å²) in [6, 6.07) is 12.2. The summed E-state index contributed by atoms with van der Waals surface area (Å²) in [5.41, 5.74) is 2.65. The largest absolute Gasteiger partial charge is 0.324 e. The summed E-state index contributed by atoms with van der Waals surface area (Å²) in [6.07, 6.45) is 1.07. The number of aromatic nitrogens is 1. The van der Waals surface area contributed by atoms with Gasteiger partial charge < -0.3 is 5.32 Å². The smallest absolute Gasteiger partial charge is 0.308 e. The van der Waals surface area contributed by atoms with E-state index in [2.05, 4.69) is 5.32 Å². The van der Waals surface area contributed by atoms with Crippen LogP contribution in [0, 0.1) is 6.92 Å². The molecule has 1 aromatic heterocycles. The van der Waals surface area contributed by atoms with Gasteiger partial charge in [-0.15, -0.1) is 0 Å². The lowest BCUT2D eigenvalue weighted by Gasteiger charge is -2.22. The first kappa shape index (κ1) is 21.1. The molecule has 0 fully saturated rings. The SMILES string of the molecule is Cc1cccc(N(CC(=O)Nc2ccc3c(c2)sc(=O)n3C(C)C)S(C)(=O)=O)c1. The van der Waals surface area contributed by atoms with Crippen molar-refractivity contribution in [2.24, 2.45) is 0 Å². The highest BCUT2D eigenvalue weighted by Crippen LogP contribution is 2.24. The fraction of sp³-hybridized carbons (Fsp3) is 0.300. The van der Waals surface area contributed by atoms with Crippen LogP contribution >= 0.6 is 11.3 Å². The van der Waals surface area contributed by atoms with Gasteiger partial charge in [-0.25, -0.2) is 8.42 Å². The molecule has 2 aromatic carbocycles. The van der Waals surface area contributed by atoms with Crippen molar-refractivity contribution in [3.63, 3.8) is 0 Å². The molecule has 3 aromatic rings. The fourth-order valence-electron chi connectivity index (χ4n) is 3.12. The number of nitrogens with zero attached hydrogens (tertiary/aromatic N) is 2. The Bertz CT molecular complexity index is 1230. The molecule has 1 heterocycles. The van der Waals surface area contributed by atoms with Gasteiger partial charge in [0.2, 0.25) is 15.9 Å². The molecule has 0 saturated carbocycles. The number of nitrogens with one attached hydrogen (secondary N) is 1. The molecule has 154 valence electrons. The summed E-state index contributed by atoms with van der Waals surface area (Å²) in [5.74, 6) is -0.466. The van der Waals surface area contributed by atoms with Gasteiger partial charge >= 0.3 is 4.87 Å². The molecule has 0 aliphatic heterocycles. The molecule has 7 nitrogen and oxygen atoms in total. The number of rotatable bonds is 6. The summed E-state index contributed by atoms with van der Waals surface area (Å²) < 4.78 is 28.0. The third-order valence-corrected chi connectivity index (χ3v) is 6.45. The van der Waals surface area contributed by atoms with Crippen LogP contribution in [0.5, 0.6) is 0 Å². The predicted octanol–water partition coefficient (Wildman–Crippen LogP) is 3.36. The van der Waals surface area contributed by atoms with E-state index in [9.17, 15) is 18.0 Å². The number of anilines is 2. The van der Waals surface area contributed by atoms with Crippen molar-refractivity contribution in [3.8, 4) is 0 Å². The Kier molecular flexibility index (Phi) is 5.81. The number of aryl methyl sites for hydroxylation is 1. The van der Waals surface area contributed by atoms with Crippen molar-refractivity contribution < 1.29 is 13.2 Å². The zero-order valence-corrected chi connectivity index (χ0v) is 18.3. The van der Waals surface area contributed by atoms with Crippen molar-refractivity contribution in [3.05, 3.63) is 57.7 Å². The van der Waals surface area contributed by atoms with Crippen LogP contribution in [0.25, 0.3) is 10.2 Å². The second kappa shape index (κ2) is 8.00. The van der Waals surface area contributed by atoms with Gasteiger partial charge in [0.05, 0.1) is 22.2 Å². The standard InChI is InChI=1S/C20H23N3O4S2/c1-13(2)23-17-9-8-15(11-18(17)28-20(23)25)21-19(24)12-22(29(4,26)27)16-7-5-6-14(3)10-16/h5-11,13H,12H2,1-4H3,(H,21,24). The molecule has 0 bridgehead atoms. The quantitative estimate of drug-likeness (QED) is 0.646. The van der Waals surface area contributed by atoms with E-state index in [-0.39, 0.29) is 17.5 Å². The van der Waals surface area contributed by atoms with Crippen LogP contribution in [0.3, 0.4) is 0 Å². The number of thiazole rings is 1. The fourth-order valence-corrected chi connectivity index (χ4v) is 5.02. The number of benzene rings is 2. The molecule has 0 atom stereocenters. The summed E-state index contributed by atoms with van der Waals surface area (Å²) in [6.45, 7) is 5.39. The van der Waals surface area contributed by atoms with Gasteiger partial charge in [0.15, 0.2) is 0 Å². The van der Waals surface area contributed by atoms with Gasteiger partial charge in [0, 0.05) is 11.7 Å². The number of amides is 1. The molecule has 1 N–H and O–H groups in total. The molecule has 29 heavy (non-hydrogen) atoms. The highest BCUT2D eigenvalue weighted by atomic mass is 32.2. The Morgan fingerprint density at radius 3 is 2.55 bits per heavy atom. The van der Waals surface area contributed by atoms with Crippen LogP contribution in [-0.2, 0) is 14.8 Å². The lowest BCUT2D eigenvalue weighted by molar-refractivity contribution is -0.114. The van der Waals surface area contributed by atoms with E-state index >= 15 is 0 Å². The van der Waals surface area contributed by atoms with Crippen molar-refractivity contribution in [1.29, 1.82) is 0 Å². The van der Waals surface area contributed by atoms with E-state index in [1.807, 2.05) is 26.8 Å². The van der Waals surface area contributed by atoms with Gasteiger partial charge in [0.1, 0.15) is 6.54 Å². The molecule has 0 aliphatic rings. The number of sulfonamides is 1. The minimum absolute atomic E-state index is 0.0364. The number of carbonyl (C=O) groups is 1. The van der Waals surface area contributed by atoms with E-state index in [1.165, 1.54) is 0 Å². The van der Waals surface area contributed by atoms with Crippen LogP contribution in [0.1, 0.15) is 25.5 Å². The van der Waals surface area contributed by atoms with Crippen molar-refractivity contribution >= 4 is 48.9 Å². The van der Waals surface area contributed by atoms with Crippen LogP contribution in [0.15, 0.2) is 47.3 Å². The van der Waals surface area contributed by atoms with Gasteiger partial charge in [-0.3, -0.25) is 18.5 Å². The van der Waals surface area contributed by atoms with E-state index < -0.39 is 15.9 Å². The molecule has 1 amide bonds. The highest BCUT2D eigenvalue weighted by molar-refractivity contribution is 7.92. The molecule has 3 rings (SSSR count). The number of hydrogen-bond donors (Lipinski definition) is 1. The minimum atomic E-state index is -3.64. The molecule has 0 spiro atoms. The maximum atomic E-state index is 12.6. The molecule has 9 heteroatoms. The van der Waals surface area contributed by atoms with Crippen LogP contribution in [0.2, 0.25) is 0 Å². The summed E-state index contributed by atoms with van der Waals surface area (Å²) >= 11 is 1.11. The molecule has 0 aliphatic carbocycles. The van der Waals surface area contributed by atoms with Crippen LogP contribution < -0.4 is 14.5 Å². The van der Waals surface area contributed by atoms with E-state index in [0.717, 1.165) is 37.7 Å². The van der Waals surface area contributed by atoms with Gasteiger partial charge in [-0.1, -0.05) is 23.5 Å². The van der Waals surface area contributed by atoms with Gasteiger partial charge in [0.25, 0.3) is 0 Å². The monoisotopic (exact) mass is 433 g/mol. The minimum Gasteiger partial charge on any atom is -0.324 e. The first-order chi connectivity index (χ1) is 13.6. The van der Waals surface area contributed by atoms with E-state index in [0.29, 0.717) is 11.4 Å². The Morgan fingerprint density at radius 1 is 1.21 bits per heavy atom. The van der Waals surface area contributed by atoms with Crippen molar-refractivity contribution in [2.45, 2.75) is 26.8 Å². The number of carbonyl (C=O) groups excluding carboxylic acids is 1. The summed E-state index contributed by atoms with van der Waals surface area (Å²) in [4.78, 5) is 24.7. The van der Waals surface area contributed by atoms with E-state index in [4.69, 9.17) is 0 Å². The lowest BCUT2D eigenvalue weighted by Crippen LogP contribution is -2.37. The van der Waals surface area contributed by atoms with E-state index in [1.54, 1.807) is 41.0 Å². The summed E-state index contributed by atoms with van der Waals surface area (Å²) in [7, 11) is -3.64. The second-order valence-corrected chi connectivity index (χ2v) is 10.1. The molecule has 0 saturated heterocycles. The molecular weight excluding hydrogens is 410 g/mol. The second-order valence-electron chi connectivity index (χ2n) is 7.17. The number of fused-ring (bicyclic) bond motifs is 1. The highest BCUT2D eigenvalue weighted by Gasteiger charge is 2.21. The molecular formula is C20H23N3O4S2. The predicted molar refractivity (Wildman–Crippen MR) is 118 cm³/mol.